The van der Waals surface area contributed by atoms with E-state index in [1.54, 1.807) is 0 Å². The summed E-state index contributed by atoms with van der Waals surface area (Å²) in [5.74, 6) is -0.350. The summed E-state index contributed by atoms with van der Waals surface area (Å²) in [7, 11) is 0. The molecule has 0 saturated carbocycles. The van der Waals surface area contributed by atoms with Gasteiger partial charge in [0.15, 0.2) is 0 Å². The number of rotatable bonds is 4. The van der Waals surface area contributed by atoms with Crippen LogP contribution in [-0.2, 0) is 9.59 Å². The molecule has 0 spiro atoms. The third-order valence-electron chi connectivity index (χ3n) is 2.53. The van der Waals surface area contributed by atoms with Crippen LogP contribution in [0.3, 0.4) is 0 Å². The van der Waals surface area contributed by atoms with E-state index in [-0.39, 0.29) is 24.2 Å². The summed E-state index contributed by atoms with van der Waals surface area (Å²) < 4.78 is 0. The number of piperidine rings is 1. The molecule has 1 heterocycles. The van der Waals surface area contributed by atoms with E-state index < -0.39 is 0 Å². The molecule has 1 amide bonds. The van der Waals surface area contributed by atoms with E-state index in [0.717, 1.165) is 25.7 Å². The quantitative estimate of drug-likeness (QED) is 0.667. The summed E-state index contributed by atoms with van der Waals surface area (Å²) >= 11 is 0. The number of carbonyl (C=O) groups excluding carboxylic acids is 2. The first-order valence-corrected chi connectivity index (χ1v) is 4.89. The highest BCUT2D eigenvalue weighted by Crippen LogP contribution is 2.21. The van der Waals surface area contributed by atoms with E-state index in [2.05, 4.69) is 11.4 Å². The Morgan fingerprint density at radius 3 is 3.07 bits per heavy atom. The molecular weight excluding hydrogens is 180 g/mol. The number of nitrogens with one attached hydrogen (secondary N) is 1. The third-order valence-corrected chi connectivity index (χ3v) is 2.53. The second-order valence-electron chi connectivity index (χ2n) is 3.59. The molecular formula is C10H14N2O2. The molecule has 4 heteroatoms. The number of amides is 1. The van der Waals surface area contributed by atoms with Gasteiger partial charge in [-0.25, -0.2) is 0 Å². The molecule has 0 bridgehead atoms. The number of hydrogen-bond donors (Lipinski definition) is 1. The van der Waals surface area contributed by atoms with Crippen molar-refractivity contribution in [3.8, 4) is 6.07 Å². The Morgan fingerprint density at radius 2 is 2.50 bits per heavy atom. The van der Waals surface area contributed by atoms with Crippen LogP contribution in [0.1, 0.15) is 25.7 Å². The molecule has 1 fully saturated rings. The third kappa shape index (κ3) is 2.84. The minimum absolute atomic E-state index is 0.0300. The molecule has 2 unspecified atom stereocenters. The van der Waals surface area contributed by atoms with Crippen LogP contribution < -0.4 is 5.32 Å². The van der Waals surface area contributed by atoms with Gasteiger partial charge >= 0.3 is 0 Å². The standard InChI is InChI=1S/C10H14N2O2/c11-7-8(3-5-13)6-9-2-1-4-12-10(9)14/h5,8-9H,1-4,6H2,(H,12,14). The molecule has 14 heavy (non-hydrogen) atoms. The second kappa shape index (κ2) is 5.38. The topological polar surface area (TPSA) is 70.0 Å². The molecule has 0 aliphatic carbocycles. The van der Waals surface area contributed by atoms with E-state index in [1.807, 2.05) is 0 Å². The summed E-state index contributed by atoms with van der Waals surface area (Å²) in [6.45, 7) is 0.736. The Hall–Kier alpha value is -1.37. The highest BCUT2D eigenvalue weighted by Gasteiger charge is 2.25. The summed E-state index contributed by atoms with van der Waals surface area (Å²) in [6.07, 6.45) is 3.30. The van der Waals surface area contributed by atoms with Crippen molar-refractivity contribution in [2.45, 2.75) is 25.7 Å². The maximum atomic E-state index is 11.3. The van der Waals surface area contributed by atoms with E-state index >= 15 is 0 Å². The summed E-state index contributed by atoms with van der Waals surface area (Å²) in [5.41, 5.74) is 0. The van der Waals surface area contributed by atoms with Gasteiger partial charge in [-0.15, -0.1) is 0 Å². The lowest BCUT2D eigenvalue weighted by Gasteiger charge is -2.22. The van der Waals surface area contributed by atoms with E-state index in [4.69, 9.17) is 5.26 Å². The minimum atomic E-state index is -0.304. The molecule has 1 N–H and O–H groups in total. The van der Waals surface area contributed by atoms with Gasteiger partial charge in [0.2, 0.25) is 5.91 Å². The van der Waals surface area contributed by atoms with Gasteiger partial charge in [-0.1, -0.05) is 0 Å². The number of aldehydes is 1. The number of nitriles is 1. The van der Waals surface area contributed by atoms with Crippen molar-refractivity contribution in [3.63, 3.8) is 0 Å². The van der Waals surface area contributed by atoms with Crippen molar-refractivity contribution >= 4 is 12.2 Å². The van der Waals surface area contributed by atoms with Crippen molar-refractivity contribution in [1.82, 2.24) is 5.32 Å². The minimum Gasteiger partial charge on any atom is -0.356 e. The normalized spacial score (nSPS) is 23.4. The molecule has 1 aliphatic heterocycles. The van der Waals surface area contributed by atoms with Gasteiger partial charge in [0.05, 0.1) is 12.0 Å². The molecule has 4 nitrogen and oxygen atoms in total. The highest BCUT2D eigenvalue weighted by molar-refractivity contribution is 5.79. The van der Waals surface area contributed by atoms with E-state index in [9.17, 15) is 9.59 Å². The van der Waals surface area contributed by atoms with Crippen molar-refractivity contribution in [3.05, 3.63) is 0 Å². The maximum absolute atomic E-state index is 11.3. The van der Waals surface area contributed by atoms with Crippen LogP contribution >= 0.6 is 0 Å². The molecule has 0 aromatic heterocycles. The van der Waals surface area contributed by atoms with Crippen LogP contribution in [0, 0.1) is 23.2 Å². The van der Waals surface area contributed by atoms with Gasteiger partial charge in [0.1, 0.15) is 6.29 Å². The Balaban J connectivity index is 2.44. The lowest BCUT2D eigenvalue weighted by atomic mass is 9.88. The molecule has 1 saturated heterocycles. The monoisotopic (exact) mass is 194 g/mol. The number of hydrogen-bond acceptors (Lipinski definition) is 3. The first-order valence-electron chi connectivity index (χ1n) is 4.89. The zero-order valence-corrected chi connectivity index (χ0v) is 8.03. The van der Waals surface area contributed by atoms with Crippen LogP contribution in [0.25, 0.3) is 0 Å². The smallest absolute Gasteiger partial charge is 0.223 e. The fraction of sp³-hybridized carbons (Fsp3) is 0.700. The first kappa shape index (κ1) is 10.7. The Bertz CT molecular complexity index is 257. The summed E-state index contributed by atoms with van der Waals surface area (Å²) in [5, 5.41) is 11.5. The SMILES string of the molecule is N#CC(CC=O)CC1CCCNC1=O. The summed E-state index contributed by atoms with van der Waals surface area (Å²) in [6, 6.07) is 2.06. The van der Waals surface area contributed by atoms with Gasteiger partial charge in [-0.2, -0.15) is 5.26 Å². The molecule has 0 aromatic carbocycles. The maximum Gasteiger partial charge on any atom is 0.223 e. The van der Waals surface area contributed by atoms with Crippen LogP contribution in [0.4, 0.5) is 0 Å². The second-order valence-corrected chi connectivity index (χ2v) is 3.59. The zero-order chi connectivity index (χ0) is 10.4. The number of nitrogens with zero attached hydrogens (tertiary/aromatic N) is 1. The molecule has 1 aliphatic rings. The van der Waals surface area contributed by atoms with Gasteiger partial charge in [0.25, 0.3) is 0 Å². The van der Waals surface area contributed by atoms with Crippen LogP contribution in [0.15, 0.2) is 0 Å². The highest BCUT2D eigenvalue weighted by atomic mass is 16.2. The van der Waals surface area contributed by atoms with Gasteiger partial charge < -0.3 is 10.1 Å². The Morgan fingerprint density at radius 1 is 1.71 bits per heavy atom. The van der Waals surface area contributed by atoms with Crippen molar-refractivity contribution in [2.75, 3.05) is 6.54 Å². The fourth-order valence-corrected chi connectivity index (χ4v) is 1.72. The molecule has 0 aromatic rings. The lowest BCUT2D eigenvalue weighted by Crippen LogP contribution is -2.37. The van der Waals surface area contributed by atoms with Crippen LogP contribution in [0.5, 0.6) is 0 Å². The van der Waals surface area contributed by atoms with Crippen molar-refractivity contribution in [1.29, 1.82) is 5.26 Å². The van der Waals surface area contributed by atoms with E-state index in [0.29, 0.717) is 6.42 Å². The molecule has 1 rings (SSSR count). The van der Waals surface area contributed by atoms with Crippen molar-refractivity contribution in [2.24, 2.45) is 11.8 Å². The average Bonchev–Trinajstić information content (AvgIpc) is 2.20. The Kier molecular flexibility index (Phi) is 4.11. The first-order chi connectivity index (χ1) is 6.77. The predicted molar refractivity (Wildman–Crippen MR) is 50.1 cm³/mol. The van der Waals surface area contributed by atoms with Crippen molar-refractivity contribution < 1.29 is 9.59 Å². The lowest BCUT2D eigenvalue weighted by molar-refractivity contribution is -0.127. The predicted octanol–water partition coefficient (Wildman–Crippen LogP) is 0.631. The average molecular weight is 194 g/mol. The summed E-state index contributed by atoms with van der Waals surface area (Å²) in [4.78, 5) is 21.6. The molecule has 76 valence electrons. The van der Waals surface area contributed by atoms with E-state index in [1.165, 1.54) is 0 Å². The van der Waals surface area contributed by atoms with Crippen LogP contribution in [0.2, 0.25) is 0 Å². The van der Waals surface area contributed by atoms with Gasteiger partial charge in [-0.05, 0) is 19.3 Å². The van der Waals surface area contributed by atoms with Gasteiger partial charge in [-0.3, -0.25) is 4.79 Å². The molecule has 0 radical (unpaired) electrons. The fourth-order valence-electron chi connectivity index (χ4n) is 1.72. The van der Waals surface area contributed by atoms with Gasteiger partial charge in [0, 0.05) is 18.9 Å². The zero-order valence-electron chi connectivity index (χ0n) is 8.03. The number of carbonyl (C=O) groups is 2. The van der Waals surface area contributed by atoms with Crippen LogP contribution in [-0.4, -0.2) is 18.7 Å². The Labute approximate surface area is 83.3 Å². The molecule has 2 atom stereocenters. The largest absolute Gasteiger partial charge is 0.356 e.